The van der Waals surface area contributed by atoms with Crippen molar-refractivity contribution >= 4 is 10.1 Å². The van der Waals surface area contributed by atoms with E-state index in [1.807, 2.05) is 30.3 Å². The monoisotopic (exact) mass is 256 g/mol. The zero-order chi connectivity index (χ0) is 12.3. The molecule has 0 amide bonds. The summed E-state index contributed by atoms with van der Waals surface area (Å²) in [4.78, 5) is 0. The van der Waals surface area contributed by atoms with E-state index >= 15 is 0 Å². The van der Waals surface area contributed by atoms with Crippen LogP contribution in [-0.2, 0) is 25.6 Å². The van der Waals surface area contributed by atoms with E-state index in [1.54, 1.807) is 0 Å². The molecule has 0 spiro atoms. The van der Waals surface area contributed by atoms with Gasteiger partial charge in [-0.05, 0) is 18.4 Å². The smallest absolute Gasteiger partial charge is 0.270 e. The SMILES string of the molecule is COS(=O)(=O)C1CC(OCc2ccccc2)C1. The number of hydrogen-bond donors (Lipinski definition) is 0. The van der Waals surface area contributed by atoms with Crippen LogP contribution in [-0.4, -0.2) is 26.9 Å². The van der Waals surface area contributed by atoms with Crippen molar-refractivity contribution in [3.8, 4) is 0 Å². The summed E-state index contributed by atoms with van der Waals surface area (Å²) < 4.78 is 32.7. The van der Waals surface area contributed by atoms with Crippen molar-refractivity contribution in [1.29, 1.82) is 0 Å². The van der Waals surface area contributed by atoms with Gasteiger partial charge in [-0.2, -0.15) is 8.42 Å². The van der Waals surface area contributed by atoms with E-state index in [0.29, 0.717) is 19.4 Å². The predicted octanol–water partition coefficient (Wildman–Crippen LogP) is 1.71. The van der Waals surface area contributed by atoms with Crippen molar-refractivity contribution in [3.05, 3.63) is 35.9 Å². The molecule has 2 rings (SSSR count). The van der Waals surface area contributed by atoms with Crippen molar-refractivity contribution in [2.75, 3.05) is 7.11 Å². The first-order valence-corrected chi connectivity index (χ1v) is 7.04. The molecule has 0 aromatic heterocycles. The van der Waals surface area contributed by atoms with Gasteiger partial charge in [0, 0.05) is 0 Å². The number of hydrogen-bond acceptors (Lipinski definition) is 4. The molecule has 1 aliphatic rings. The second kappa shape index (κ2) is 5.16. The normalized spacial score (nSPS) is 24.3. The lowest BCUT2D eigenvalue weighted by Crippen LogP contribution is -2.41. The van der Waals surface area contributed by atoms with Gasteiger partial charge in [0.25, 0.3) is 10.1 Å². The topological polar surface area (TPSA) is 52.6 Å². The van der Waals surface area contributed by atoms with Crippen LogP contribution in [0.1, 0.15) is 18.4 Å². The van der Waals surface area contributed by atoms with Crippen LogP contribution < -0.4 is 0 Å². The number of ether oxygens (including phenoxy) is 1. The van der Waals surface area contributed by atoms with Gasteiger partial charge < -0.3 is 4.74 Å². The first-order valence-electron chi connectivity index (χ1n) is 5.57. The molecule has 1 fully saturated rings. The maximum Gasteiger partial charge on any atom is 0.270 e. The molecule has 0 aliphatic heterocycles. The van der Waals surface area contributed by atoms with Gasteiger partial charge in [0.1, 0.15) is 0 Å². The molecule has 94 valence electrons. The molecule has 0 N–H and O–H groups in total. The largest absolute Gasteiger partial charge is 0.373 e. The molecule has 17 heavy (non-hydrogen) atoms. The highest BCUT2D eigenvalue weighted by atomic mass is 32.2. The van der Waals surface area contributed by atoms with Gasteiger partial charge in [0.05, 0.1) is 25.1 Å². The van der Waals surface area contributed by atoms with Crippen molar-refractivity contribution in [1.82, 2.24) is 0 Å². The molecule has 1 aromatic rings. The summed E-state index contributed by atoms with van der Waals surface area (Å²) in [6.07, 6.45) is 1.09. The fraction of sp³-hybridized carbons (Fsp3) is 0.500. The molecule has 0 saturated heterocycles. The average Bonchev–Trinajstić information content (AvgIpc) is 2.28. The quantitative estimate of drug-likeness (QED) is 0.753. The van der Waals surface area contributed by atoms with Gasteiger partial charge in [-0.3, -0.25) is 4.18 Å². The lowest BCUT2D eigenvalue weighted by molar-refractivity contribution is -0.00796. The first-order chi connectivity index (χ1) is 8.12. The van der Waals surface area contributed by atoms with Gasteiger partial charge in [0.15, 0.2) is 0 Å². The highest BCUT2D eigenvalue weighted by Crippen LogP contribution is 2.30. The molecule has 1 aliphatic carbocycles. The maximum atomic E-state index is 11.3. The second-order valence-electron chi connectivity index (χ2n) is 4.17. The van der Waals surface area contributed by atoms with Gasteiger partial charge in [-0.25, -0.2) is 0 Å². The standard InChI is InChI=1S/C12H16O4S/c1-15-17(13,14)12-7-11(8-12)16-9-10-5-3-2-4-6-10/h2-6,11-12H,7-9H2,1H3. The maximum absolute atomic E-state index is 11.3. The summed E-state index contributed by atoms with van der Waals surface area (Å²) >= 11 is 0. The summed E-state index contributed by atoms with van der Waals surface area (Å²) in [5, 5.41) is -0.395. The summed E-state index contributed by atoms with van der Waals surface area (Å²) in [7, 11) is -2.16. The fourth-order valence-electron chi connectivity index (χ4n) is 1.81. The highest BCUT2D eigenvalue weighted by Gasteiger charge is 2.39. The minimum absolute atomic E-state index is 0.0325. The van der Waals surface area contributed by atoms with Gasteiger partial charge in [0.2, 0.25) is 0 Å². The Hall–Kier alpha value is -0.910. The van der Waals surface area contributed by atoms with Crippen molar-refractivity contribution in [2.24, 2.45) is 0 Å². The minimum atomic E-state index is -3.36. The van der Waals surface area contributed by atoms with Crippen LogP contribution in [0.15, 0.2) is 30.3 Å². The Labute approximate surface area is 102 Å². The molecule has 0 atom stereocenters. The predicted molar refractivity (Wildman–Crippen MR) is 64.0 cm³/mol. The number of benzene rings is 1. The van der Waals surface area contributed by atoms with E-state index in [1.165, 1.54) is 7.11 Å². The Balaban J connectivity index is 1.75. The molecule has 5 heteroatoms. The molecular weight excluding hydrogens is 240 g/mol. The zero-order valence-corrected chi connectivity index (χ0v) is 10.5. The zero-order valence-electron chi connectivity index (χ0n) is 9.70. The Morgan fingerprint density at radius 1 is 1.24 bits per heavy atom. The third-order valence-electron chi connectivity index (χ3n) is 3.02. The van der Waals surface area contributed by atoms with Crippen LogP contribution >= 0.6 is 0 Å². The van der Waals surface area contributed by atoms with Crippen LogP contribution in [0, 0.1) is 0 Å². The Morgan fingerprint density at radius 3 is 2.47 bits per heavy atom. The van der Waals surface area contributed by atoms with Crippen LogP contribution in [0.4, 0.5) is 0 Å². The van der Waals surface area contributed by atoms with Crippen LogP contribution in [0.2, 0.25) is 0 Å². The minimum Gasteiger partial charge on any atom is -0.373 e. The molecular formula is C12H16O4S. The van der Waals surface area contributed by atoms with Gasteiger partial charge in [-0.1, -0.05) is 30.3 Å². The van der Waals surface area contributed by atoms with E-state index in [9.17, 15) is 8.42 Å². The van der Waals surface area contributed by atoms with E-state index in [2.05, 4.69) is 4.18 Å². The fourth-order valence-corrected chi connectivity index (χ4v) is 2.99. The lowest BCUT2D eigenvalue weighted by Gasteiger charge is -2.33. The van der Waals surface area contributed by atoms with E-state index in [0.717, 1.165) is 5.56 Å². The Morgan fingerprint density at radius 2 is 1.88 bits per heavy atom. The highest BCUT2D eigenvalue weighted by molar-refractivity contribution is 7.87. The molecule has 0 bridgehead atoms. The van der Waals surface area contributed by atoms with Crippen molar-refractivity contribution in [2.45, 2.75) is 30.8 Å². The van der Waals surface area contributed by atoms with Crippen molar-refractivity contribution < 1.29 is 17.3 Å². The number of rotatable bonds is 5. The third-order valence-corrected chi connectivity index (χ3v) is 4.69. The van der Waals surface area contributed by atoms with E-state index in [-0.39, 0.29) is 6.10 Å². The second-order valence-corrected chi connectivity index (χ2v) is 6.16. The molecule has 4 nitrogen and oxygen atoms in total. The average molecular weight is 256 g/mol. The summed E-state index contributed by atoms with van der Waals surface area (Å²) in [6, 6.07) is 9.84. The van der Waals surface area contributed by atoms with E-state index in [4.69, 9.17) is 4.74 Å². The molecule has 0 heterocycles. The van der Waals surface area contributed by atoms with Crippen molar-refractivity contribution in [3.63, 3.8) is 0 Å². The Kier molecular flexibility index (Phi) is 3.81. The molecule has 0 unspecified atom stereocenters. The van der Waals surface area contributed by atoms with Gasteiger partial charge in [-0.15, -0.1) is 0 Å². The van der Waals surface area contributed by atoms with Gasteiger partial charge >= 0.3 is 0 Å². The molecule has 1 aromatic carbocycles. The summed E-state index contributed by atoms with van der Waals surface area (Å²) in [6.45, 7) is 0.533. The van der Waals surface area contributed by atoms with Crippen LogP contribution in [0.3, 0.4) is 0 Å². The third kappa shape index (κ3) is 3.06. The molecule has 1 saturated carbocycles. The van der Waals surface area contributed by atoms with Crippen LogP contribution in [0.25, 0.3) is 0 Å². The lowest BCUT2D eigenvalue weighted by atomic mass is 9.95. The van der Waals surface area contributed by atoms with Crippen LogP contribution in [0.5, 0.6) is 0 Å². The molecule has 0 radical (unpaired) electrons. The first kappa shape index (κ1) is 12.5. The summed E-state index contributed by atoms with van der Waals surface area (Å²) in [5.41, 5.74) is 1.10. The Bertz CT molecular complexity index is 449. The van der Waals surface area contributed by atoms with E-state index < -0.39 is 15.4 Å². The summed E-state index contributed by atoms with van der Waals surface area (Å²) in [5.74, 6) is 0.